The zero-order chi connectivity index (χ0) is 23.2. The van der Waals surface area contributed by atoms with Gasteiger partial charge in [-0.05, 0) is 41.5 Å². The molecule has 0 radical (unpaired) electrons. The van der Waals surface area contributed by atoms with Crippen LogP contribution in [0.5, 0.6) is 11.5 Å². The van der Waals surface area contributed by atoms with Crippen LogP contribution < -0.4 is 0 Å². The molecule has 0 fully saturated rings. The molecule has 3 N–H and O–H groups in total. The van der Waals surface area contributed by atoms with Gasteiger partial charge in [0.2, 0.25) is 0 Å². The Hall–Kier alpha value is -3.22. The minimum atomic E-state index is -1.56. The van der Waals surface area contributed by atoms with Crippen LogP contribution in [0.1, 0.15) is 62.4 Å². The standard InChI is InChI=1S/C24H16Cl2O6/c1-23(2)17-12(5-7-15(27)19(17)25)24(13-6-8-16(28)20(26)18(13)23)14-9-10(21(29)30)3-4-11(14)22(31)32-24/h3-9,27-28H,1-2H3,(H,29,30). The molecule has 162 valence electrons. The predicted molar refractivity (Wildman–Crippen MR) is 117 cm³/mol. The summed E-state index contributed by atoms with van der Waals surface area (Å²) in [7, 11) is 0. The Morgan fingerprint density at radius 2 is 1.41 bits per heavy atom. The number of ether oxygens (including phenoxy) is 1. The third-order valence-corrected chi connectivity index (χ3v) is 7.13. The molecule has 3 aromatic rings. The highest BCUT2D eigenvalue weighted by Gasteiger charge is 2.57. The summed E-state index contributed by atoms with van der Waals surface area (Å²) < 4.78 is 6.02. The van der Waals surface area contributed by atoms with Crippen molar-refractivity contribution in [2.24, 2.45) is 0 Å². The van der Waals surface area contributed by atoms with Gasteiger partial charge in [0, 0.05) is 22.1 Å². The van der Waals surface area contributed by atoms with E-state index in [1.807, 2.05) is 13.8 Å². The number of phenols is 2. The van der Waals surface area contributed by atoms with Crippen molar-refractivity contribution in [1.29, 1.82) is 0 Å². The van der Waals surface area contributed by atoms with Gasteiger partial charge in [-0.25, -0.2) is 9.59 Å². The van der Waals surface area contributed by atoms with Crippen molar-refractivity contribution in [2.75, 3.05) is 0 Å². The normalized spacial score (nSPS) is 16.8. The summed E-state index contributed by atoms with van der Waals surface area (Å²) in [6, 6.07) is 10.2. The van der Waals surface area contributed by atoms with E-state index < -0.39 is 23.0 Å². The van der Waals surface area contributed by atoms with Gasteiger partial charge in [-0.3, -0.25) is 0 Å². The second kappa shape index (κ2) is 6.40. The fourth-order valence-electron chi connectivity index (χ4n) is 5.00. The highest BCUT2D eigenvalue weighted by Crippen LogP contribution is 2.60. The van der Waals surface area contributed by atoms with Gasteiger partial charge in [0.1, 0.15) is 11.5 Å². The first kappa shape index (κ1) is 20.7. The van der Waals surface area contributed by atoms with Crippen LogP contribution in [0.4, 0.5) is 0 Å². The Morgan fingerprint density at radius 1 is 0.875 bits per heavy atom. The minimum absolute atomic E-state index is 0.0240. The van der Waals surface area contributed by atoms with Crippen LogP contribution in [0.25, 0.3) is 0 Å². The van der Waals surface area contributed by atoms with E-state index in [9.17, 15) is 24.9 Å². The Balaban J connectivity index is 2.01. The van der Waals surface area contributed by atoms with E-state index in [0.717, 1.165) is 0 Å². The number of fused-ring (bicyclic) bond motifs is 6. The predicted octanol–water partition coefficient (Wildman–Crippen LogP) is 5.20. The SMILES string of the molecule is CC1(C)c2c(ccc(O)c2Cl)C2(OC(=O)c3ccc(C(=O)O)cc32)c2ccc(O)c(Cl)c21. The number of carboxylic acids is 1. The number of aromatic carboxylic acids is 1. The highest BCUT2D eigenvalue weighted by molar-refractivity contribution is 6.34. The monoisotopic (exact) mass is 470 g/mol. The van der Waals surface area contributed by atoms with Gasteiger partial charge in [-0.15, -0.1) is 0 Å². The summed E-state index contributed by atoms with van der Waals surface area (Å²) in [6.07, 6.45) is 0. The molecule has 1 aliphatic heterocycles. The fraction of sp³-hybridized carbons (Fsp3) is 0.167. The summed E-state index contributed by atoms with van der Waals surface area (Å²) >= 11 is 13.1. The second-order valence-corrected chi connectivity index (χ2v) is 9.16. The molecular formula is C24H16Cl2O6. The second-order valence-electron chi connectivity index (χ2n) is 8.40. The summed E-state index contributed by atoms with van der Waals surface area (Å²) in [6.45, 7) is 3.67. The number of hydrogen-bond acceptors (Lipinski definition) is 5. The van der Waals surface area contributed by atoms with Crippen molar-refractivity contribution >= 4 is 35.1 Å². The van der Waals surface area contributed by atoms with E-state index in [1.165, 1.54) is 30.3 Å². The Bertz CT molecular complexity index is 1310. The summed E-state index contributed by atoms with van der Waals surface area (Å²) in [5.74, 6) is -2.14. The Morgan fingerprint density at radius 3 is 1.91 bits per heavy atom. The van der Waals surface area contributed by atoms with Crippen molar-refractivity contribution in [2.45, 2.75) is 24.9 Å². The molecule has 0 saturated heterocycles. The van der Waals surface area contributed by atoms with E-state index in [-0.39, 0.29) is 32.7 Å². The number of halogens is 2. The highest BCUT2D eigenvalue weighted by atomic mass is 35.5. The van der Waals surface area contributed by atoms with Crippen LogP contribution in [-0.2, 0) is 15.8 Å². The number of aromatic hydroxyl groups is 2. The third kappa shape index (κ3) is 2.36. The maximum atomic E-state index is 13.0. The largest absolute Gasteiger partial charge is 0.506 e. The van der Waals surface area contributed by atoms with Crippen LogP contribution >= 0.6 is 23.2 Å². The van der Waals surface area contributed by atoms with Gasteiger partial charge >= 0.3 is 11.9 Å². The van der Waals surface area contributed by atoms with Crippen molar-refractivity contribution < 1.29 is 29.6 Å². The smallest absolute Gasteiger partial charge is 0.340 e. The molecule has 1 aliphatic carbocycles. The van der Waals surface area contributed by atoms with Gasteiger partial charge in [0.15, 0.2) is 5.60 Å². The van der Waals surface area contributed by atoms with Gasteiger partial charge in [0.05, 0.1) is 21.2 Å². The van der Waals surface area contributed by atoms with Crippen molar-refractivity contribution in [3.05, 3.63) is 91.5 Å². The zero-order valence-electron chi connectivity index (χ0n) is 16.9. The molecule has 0 atom stereocenters. The van der Waals surface area contributed by atoms with Crippen molar-refractivity contribution in [3.63, 3.8) is 0 Å². The lowest BCUT2D eigenvalue weighted by Crippen LogP contribution is -2.41. The molecule has 2 aliphatic rings. The van der Waals surface area contributed by atoms with E-state index in [0.29, 0.717) is 27.8 Å². The first-order valence-corrected chi connectivity index (χ1v) is 10.4. The van der Waals surface area contributed by atoms with E-state index >= 15 is 0 Å². The van der Waals surface area contributed by atoms with Crippen LogP contribution in [0.3, 0.4) is 0 Å². The molecule has 3 aromatic carbocycles. The fourth-order valence-corrected chi connectivity index (χ4v) is 5.81. The first-order chi connectivity index (χ1) is 15.0. The molecule has 1 heterocycles. The molecule has 0 unspecified atom stereocenters. The molecule has 5 rings (SSSR count). The van der Waals surface area contributed by atoms with E-state index in [2.05, 4.69) is 0 Å². The maximum Gasteiger partial charge on any atom is 0.340 e. The van der Waals surface area contributed by atoms with E-state index in [4.69, 9.17) is 27.9 Å². The minimum Gasteiger partial charge on any atom is -0.506 e. The van der Waals surface area contributed by atoms with Crippen LogP contribution in [0.2, 0.25) is 10.0 Å². The summed E-state index contributed by atoms with van der Waals surface area (Å²) in [4.78, 5) is 24.7. The lowest BCUT2D eigenvalue weighted by molar-refractivity contribution is 0.0231. The van der Waals surface area contributed by atoms with Gasteiger partial charge in [0.25, 0.3) is 0 Å². The number of carbonyl (C=O) groups excluding carboxylic acids is 1. The molecule has 8 heteroatoms. The zero-order valence-corrected chi connectivity index (χ0v) is 18.4. The average molecular weight is 471 g/mol. The van der Waals surface area contributed by atoms with Gasteiger partial charge in [-0.2, -0.15) is 0 Å². The maximum absolute atomic E-state index is 13.0. The first-order valence-electron chi connectivity index (χ1n) is 9.67. The molecule has 0 bridgehead atoms. The molecule has 6 nitrogen and oxygen atoms in total. The number of phenolic OH excluding ortho intramolecular Hbond substituents is 2. The lowest BCUT2D eigenvalue weighted by Gasteiger charge is -2.45. The topological polar surface area (TPSA) is 104 Å². The number of esters is 1. The lowest BCUT2D eigenvalue weighted by atomic mass is 9.61. The Labute approximate surface area is 192 Å². The van der Waals surface area contributed by atoms with Crippen LogP contribution in [-0.4, -0.2) is 27.3 Å². The van der Waals surface area contributed by atoms with E-state index in [1.54, 1.807) is 12.1 Å². The summed E-state index contributed by atoms with van der Waals surface area (Å²) in [5, 5.41) is 30.4. The van der Waals surface area contributed by atoms with Crippen LogP contribution in [0, 0.1) is 0 Å². The third-order valence-electron chi connectivity index (χ3n) is 6.36. The number of benzene rings is 3. The number of carboxylic acid groups (broad SMARTS) is 1. The quantitative estimate of drug-likeness (QED) is 0.422. The molecule has 0 aromatic heterocycles. The summed E-state index contributed by atoms with van der Waals surface area (Å²) in [5.41, 5.74) is -0.0778. The van der Waals surface area contributed by atoms with Crippen molar-refractivity contribution in [1.82, 2.24) is 0 Å². The van der Waals surface area contributed by atoms with Gasteiger partial charge < -0.3 is 20.1 Å². The Kier molecular flexibility index (Phi) is 4.14. The molecular weight excluding hydrogens is 455 g/mol. The average Bonchev–Trinajstić information content (AvgIpc) is 3.03. The van der Waals surface area contributed by atoms with Crippen LogP contribution in [0.15, 0.2) is 42.5 Å². The number of rotatable bonds is 1. The molecule has 0 saturated carbocycles. The number of carbonyl (C=O) groups is 2. The van der Waals surface area contributed by atoms with Gasteiger partial charge in [-0.1, -0.05) is 49.2 Å². The molecule has 1 spiro atoms. The van der Waals surface area contributed by atoms with Crippen molar-refractivity contribution in [3.8, 4) is 11.5 Å². The molecule has 0 amide bonds. The molecule has 32 heavy (non-hydrogen) atoms. The number of hydrogen-bond donors (Lipinski definition) is 3.